The molecule has 2 N–H and O–H groups in total. The third-order valence-electron chi connectivity index (χ3n) is 2.94. The molecule has 0 spiro atoms. The van der Waals surface area contributed by atoms with Crippen molar-refractivity contribution >= 4 is 32.7 Å². The largest absolute Gasteiger partial charge is 0.312 e. The maximum absolute atomic E-state index is 12.4. The zero-order chi connectivity index (χ0) is 15.3. The lowest BCUT2D eigenvalue weighted by molar-refractivity contribution is 0.579. The van der Waals surface area contributed by atoms with Crippen LogP contribution in [0, 0.1) is 6.92 Å². The highest BCUT2D eigenvalue weighted by atomic mass is 32.2. The molecule has 0 saturated carbocycles. The second-order valence-electron chi connectivity index (χ2n) is 4.72. The zero-order valence-electron chi connectivity index (χ0n) is 12.2. The van der Waals surface area contributed by atoms with E-state index in [9.17, 15) is 8.42 Å². The van der Waals surface area contributed by atoms with Crippen LogP contribution in [0.1, 0.15) is 28.0 Å². The van der Waals surface area contributed by atoms with Gasteiger partial charge in [-0.3, -0.25) is 0 Å². The van der Waals surface area contributed by atoms with Crippen molar-refractivity contribution in [2.75, 3.05) is 6.54 Å². The molecule has 2 aromatic heterocycles. The average molecular weight is 345 g/mol. The molecule has 0 bridgehead atoms. The lowest BCUT2D eigenvalue weighted by Crippen LogP contribution is -2.24. The molecule has 0 aliphatic heterocycles. The van der Waals surface area contributed by atoms with Crippen molar-refractivity contribution in [2.24, 2.45) is 0 Å². The van der Waals surface area contributed by atoms with Crippen molar-refractivity contribution < 1.29 is 8.42 Å². The fourth-order valence-corrected chi connectivity index (χ4v) is 5.24. The first-order valence-electron chi connectivity index (χ1n) is 6.85. The van der Waals surface area contributed by atoms with Crippen LogP contribution in [0.5, 0.6) is 0 Å². The van der Waals surface area contributed by atoms with Gasteiger partial charge >= 0.3 is 0 Å². The van der Waals surface area contributed by atoms with Crippen LogP contribution in [-0.4, -0.2) is 15.0 Å². The molecular formula is C14H20N2O2S3. The van der Waals surface area contributed by atoms with Crippen LogP contribution in [0.15, 0.2) is 28.5 Å². The molecule has 0 aliphatic carbocycles. The van der Waals surface area contributed by atoms with Crippen LogP contribution >= 0.6 is 22.7 Å². The number of nitrogens with one attached hydrogen (secondary N) is 2. The van der Waals surface area contributed by atoms with Crippen LogP contribution in [0.25, 0.3) is 0 Å². The van der Waals surface area contributed by atoms with Gasteiger partial charge < -0.3 is 5.32 Å². The van der Waals surface area contributed by atoms with E-state index in [4.69, 9.17) is 0 Å². The Hall–Kier alpha value is -0.730. The molecule has 0 radical (unpaired) electrons. The Balaban J connectivity index is 2.03. The maximum Gasteiger partial charge on any atom is 0.242 e. The first kappa shape index (κ1) is 16.6. The van der Waals surface area contributed by atoms with E-state index in [1.807, 2.05) is 24.4 Å². The van der Waals surface area contributed by atoms with Gasteiger partial charge in [-0.1, -0.05) is 6.92 Å². The number of thiophene rings is 2. The first-order valence-corrected chi connectivity index (χ1v) is 10.0. The lowest BCUT2D eigenvalue weighted by Gasteiger charge is -2.07. The fourth-order valence-electron chi connectivity index (χ4n) is 1.90. The number of aryl methyl sites for hydroxylation is 1. The predicted octanol–water partition coefficient (Wildman–Crippen LogP) is 3.10. The monoisotopic (exact) mass is 344 g/mol. The minimum Gasteiger partial charge on any atom is -0.312 e. The van der Waals surface area contributed by atoms with Crippen LogP contribution in [-0.2, 0) is 23.1 Å². The van der Waals surface area contributed by atoms with E-state index in [1.54, 1.807) is 17.4 Å². The Morgan fingerprint density at radius 2 is 2.00 bits per heavy atom. The molecule has 0 amide bonds. The molecule has 0 aliphatic rings. The first-order chi connectivity index (χ1) is 10.0. The molecule has 2 rings (SSSR count). The average Bonchev–Trinajstić information content (AvgIpc) is 3.06. The summed E-state index contributed by atoms with van der Waals surface area (Å²) in [5.74, 6) is 0. The molecule has 0 atom stereocenters. The van der Waals surface area contributed by atoms with Gasteiger partial charge in [0, 0.05) is 27.7 Å². The van der Waals surface area contributed by atoms with Crippen molar-refractivity contribution in [2.45, 2.75) is 38.3 Å². The van der Waals surface area contributed by atoms with Gasteiger partial charge in [-0.2, -0.15) is 0 Å². The number of hydrogen-bond donors (Lipinski definition) is 2. The van der Waals surface area contributed by atoms with Crippen molar-refractivity contribution in [3.8, 4) is 0 Å². The Bertz CT molecular complexity index is 674. The van der Waals surface area contributed by atoms with E-state index in [2.05, 4.69) is 17.0 Å². The fraction of sp³-hybridized carbons (Fsp3) is 0.429. The molecular weight excluding hydrogens is 324 g/mol. The molecule has 21 heavy (non-hydrogen) atoms. The van der Waals surface area contributed by atoms with Gasteiger partial charge in [-0.05, 0) is 43.5 Å². The van der Waals surface area contributed by atoms with E-state index in [0.29, 0.717) is 18.0 Å². The summed E-state index contributed by atoms with van der Waals surface area (Å²) in [6.07, 6.45) is 1.03. The van der Waals surface area contributed by atoms with Gasteiger partial charge in [0.2, 0.25) is 10.0 Å². The minimum absolute atomic E-state index is 0.346. The summed E-state index contributed by atoms with van der Waals surface area (Å²) in [7, 11) is -3.45. The van der Waals surface area contributed by atoms with Gasteiger partial charge in [0.25, 0.3) is 0 Å². The molecule has 0 aromatic carbocycles. The molecule has 4 nitrogen and oxygen atoms in total. The van der Waals surface area contributed by atoms with Crippen molar-refractivity contribution in [1.82, 2.24) is 10.0 Å². The summed E-state index contributed by atoms with van der Waals surface area (Å²) in [5.41, 5.74) is 0. The summed E-state index contributed by atoms with van der Waals surface area (Å²) in [4.78, 5) is 3.46. The highest BCUT2D eigenvalue weighted by Crippen LogP contribution is 2.22. The molecule has 7 heteroatoms. The quantitative estimate of drug-likeness (QED) is 0.724. The summed E-state index contributed by atoms with van der Waals surface area (Å²) in [6, 6.07) is 5.63. The third-order valence-corrected chi connectivity index (χ3v) is 6.48. The van der Waals surface area contributed by atoms with Gasteiger partial charge in [-0.15, -0.1) is 22.7 Å². The van der Waals surface area contributed by atoms with Crippen LogP contribution in [0.3, 0.4) is 0 Å². The summed E-state index contributed by atoms with van der Waals surface area (Å²) in [6.45, 7) is 5.93. The predicted molar refractivity (Wildman–Crippen MR) is 89.4 cm³/mol. The molecule has 0 saturated heterocycles. The normalized spacial score (nSPS) is 11.9. The molecule has 0 unspecified atom stereocenters. The minimum atomic E-state index is -3.45. The molecule has 116 valence electrons. The SMILES string of the molecule is CCCNCc1sccc1S(=O)(=O)NCc1ccc(C)s1. The Labute approximate surface area is 134 Å². The van der Waals surface area contributed by atoms with Crippen LogP contribution in [0.4, 0.5) is 0 Å². The molecule has 2 aromatic rings. The van der Waals surface area contributed by atoms with E-state index >= 15 is 0 Å². The van der Waals surface area contributed by atoms with E-state index < -0.39 is 10.0 Å². The smallest absolute Gasteiger partial charge is 0.242 e. The van der Waals surface area contributed by atoms with E-state index in [-0.39, 0.29) is 0 Å². The Morgan fingerprint density at radius 3 is 2.67 bits per heavy atom. The molecule has 0 fully saturated rings. The number of hydrogen-bond acceptors (Lipinski definition) is 5. The van der Waals surface area contributed by atoms with Crippen molar-refractivity contribution in [1.29, 1.82) is 0 Å². The van der Waals surface area contributed by atoms with Gasteiger partial charge in [0.1, 0.15) is 0 Å². The second-order valence-corrected chi connectivity index (χ2v) is 8.83. The van der Waals surface area contributed by atoms with Crippen LogP contribution < -0.4 is 10.0 Å². The highest BCUT2D eigenvalue weighted by molar-refractivity contribution is 7.89. The summed E-state index contributed by atoms with van der Waals surface area (Å²) >= 11 is 3.08. The van der Waals surface area contributed by atoms with Gasteiger partial charge in [0.15, 0.2) is 0 Å². The van der Waals surface area contributed by atoms with E-state index in [0.717, 1.165) is 22.7 Å². The highest BCUT2D eigenvalue weighted by Gasteiger charge is 2.19. The number of sulfonamides is 1. The van der Waals surface area contributed by atoms with E-state index in [1.165, 1.54) is 16.2 Å². The zero-order valence-corrected chi connectivity index (χ0v) is 14.6. The second kappa shape index (κ2) is 7.51. The van der Waals surface area contributed by atoms with Gasteiger partial charge in [-0.25, -0.2) is 13.1 Å². The standard InChI is InChI=1S/C14H20N2O2S3/c1-3-7-15-10-13-14(6-8-19-13)21(17,18)16-9-12-5-4-11(2)20-12/h4-6,8,15-16H,3,7,9-10H2,1-2H3. The third kappa shape index (κ3) is 4.62. The van der Waals surface area contributed by atoms with Crippen molar-refractivity contribution in [3.05, 3.63) is 38.2 Å². The summed E-state index contributed by atoms with van der Waals surface area (Å²) < 4.78 is 27.5. The van der Waals surface area contributed by atoms with Crippen molar-refractivity contribution in [3.63, 3.8) is 0 Å². The number of rotatable bonds is 8. The molecule has 2 heterocycles. The summed E-state index contributed by atoms with van der Waals surface area (Å²) in [5, 5.41) is 5.07. The Morgan fingerprint density at radius 1 is 1.19 bits per heavy atom. The topological polar surface area (TPSA) is 58.2 Å². The van der Waals surface area contributed by atoms with Gasteiger partial charge in [0.05, 0.1) is 4.90 Å². The van der Waals surface area contributed by atoms with Crippen LogP contribution in [0.2, 0.25) is 0 Å². The maximum atomic E-state index is 12.4. The lowest BCUT2D eigenvalue weighted by atomic mass is 10.4. The Kier molecular flexibility index (Phi) is 5.95.